The second kappa shape index (κ2) is 5.58. The highest BCUT2D eigenvalue weighted by atomic mass is 16.5. The molecule has 1 N–H and O–H groups in total. The number of carbonyl (C=O) groups excluding carboxylic acids is 1. The van der Waals surface area contributed by atoms with Crippen LogP contribution in [-0.4, -0.2) is 28.9 Å². The molecule has 4 nitrogen and oxygen atoms in total. The number of aliphatic hydroxyl groups excluding tert-OH is 1. The molecule has 1 fully saturated rings. The van der Waals surface area contributed by atoms with Crippen molar-refractivity contribution in [1.29, 1.82) is 0 Å². The molecule has 1 saturated heterocycles. The van der Waals surface area contributed by atoms with E-state index in [9.17, 15) is 9.90 Å². The van der Waals surface area contributed by atoms with E-state index >= 15 is 0 Å². The highest BCUT2D eigenvalue weighted by molar-refractivity contribution is 5.71. The van der Waals surface area contributed by atoms with E-state index in [1.807, 2.05) is 0 Å². The molecule has 0 amide bonds. The Bertz CT molecular complexity index is 591. The van der Waals surface area contributed by atoms with Crippen LogP contribution in [0.2, 0.25) is 0 Å². The summed E-state index contributed by atoms with van der Waals surface area (Å²) in [6.45, 7) is 6.29. The summed E-state index contributed by atoms with van der Waals surface area (Å²) < 4.78 is 11.5. The molecule has 0 aliphatic carbocycles. The third-order valence-corrected chi connectivity index (χ3v) is 4.52. The van der Waals surface area contributed by atoms with Crippen LogP contribution >= 0.6 is 0 Å². The van der Waals surface area contributed by atoms with Crippen molar-refractivity contribution in [3.8, 4) is 5.75 Å². The zero-order valence-electron chi connectivity index (χ0n) is 13.5. The van der Waals surface area contributed by atoms with E-state index in [0.717, 1.165) is 25.0 Å². The maximum atomic E-state index is 11.4. The van der Waals surface area contributed by atoms with Gasteiger partial charge in [0.25, 0.3) is 0 Å². The fraction of sp³-hybridized carbons (Fsp3) is 0.611. The van der Waals surface area contributed by atoms with Gasteiger partial charge >= 0.3 is 5.97 Å². The van der Waals surface area contributed by atoms with Gasteiger partial charge in [-0.25, -0.2) is 0 Å². The molecule has 120 valence electrons. The smallest absolute Gasteiger partial charge is 0.308 e. The van der Waals surface area contributed by atoms with Crippen LogP contribution in [-0.2, 0) is 22.4 Å². The lowest BCUT2D eigenvalue weighted by atomic mass is 9.94. The van der Waals surface area contributed by atoms with Gasteiger partial charge in [0.15, 0.2) is 0 Å². The van der Waals surface area contributed by atoms with Crippen molar-refractivity contribution in [2.45, 2.75) is 70.7 Å². The second-order valence-corrected chi connectivity index (χ2v) is 7.13. The number of ether oxygens (including phenoxy) is 2. The van der Waals surface area contributed by atoms with E-state index in [1.165, 1.54) is 16.7 Å². The first-order chi connectivity index (χ1) is 10.3. The van der Waals surface area contributed by atoms with Crippen molar-refractivity contribution in [3.05, 3.63) is 28.8 Å². The zero-order valence-corrected chi connectivity index (χ0v) is 13.5. The number of benzene rings is 1. The van der Waals surface area contributed by atoms with Crippen LogP contribution in [0, 0.1) is 6.92 Å². The summed E-state index contributed by atoms with van der Waals surface area (Å²) in [7, 11) is 0. The van der Waals surface area contributed by atoms with Crippen molar-refractivity contribution in [3.63, 3.8) is 0 Å². The first-order valence-electron chi connectivity index (χ1n) is 8.02. The van der Waals surface area contributed by atoms with Crippen molar-refractivity contribution in [2.75, 3.05) is 0 Å². The van der Waals surface area contributed by atoms with Crippen molar-refractivity contribution in [1.82, 2.24) is 0 Å². The number of carbonyl (C=O) groups is 1. The highest BCUT2D eigenvalue weighted by Gasteiger charge is 2.33. The van der Waals surface area contributed by atoms with Gasteiger partial charge in [-0.1, -0.05) is 12.1 Å². The number of aryl methyl sites for hydroxylation is 1. The third-order valence-electron chi connectivity index (χ3n) is 4.52. The van der Waals surface area contributed by atoms with Crippen LogP contribution in [0.1, 0.15) is 49.8 Å². The molecule has 0 spiro atoms. The van der Waals surface area contributed by atoms with E-state index in [4.69, 9.17) is 9.47 Å². The Morgan fingerprint density at radius 2 is 2.14 bits per heavy atom. The summed E-state index contributed by atoms with van der Waals surface area (Å²) in [6, 6.07) is 4.29. The standard InChI is InChI=1S/C18H24O4/c1-11-4-5-12-10-18(2,3)22-17(12)15(11)7-6-14-8-13(19)9-16(20)21-14/h4-5,13-14,19H,6-10H2,1-3H3/t13-,14-/m1/s1. The maximum Gasteiger partial charge on any atom is 0.308 e. The average molecular weight is 304 g/mol. The third kappa shape index (κ3) is 3.12. The van der Waals surface area contributed by atoms with Crippen LogP contribution in [0.15, 0.2) is 12.1 Å². The van der Waals surface area contributed by atoms with Gasteiger partial charge in [0.05, 0.1) is 12.5 Å². The number of aliphatic hydroxyl groups is 1. The number of cyclic esters (lactones) is 1. The Morgan fingerprint density at radius 1 is 1.36 bits per heavy atom. The molecule has 0 bridgehead atoms. The van der Waals surface area contributed by atoms with Crippen LogP contribution in [0.25, 0.3) is 0 Å². The Kier molecular flexibility index (Phi) is 3.89. The molecule has 1 aromatic carbocycles. The average Bonchev–Trinajstić information content (AvgIpc) is 2.71. The number of esters is 1. The topological polar surface area (TPSA) is 55.8 Å². The van der Waals surface area contributed by atoms with Gasteiger partial charge in [-0.2, -0.15) is 0 Å². The Balaban J connectivity index is 1.74. The number of rotatable bonds is 3. The molecule has 2 aliphatic heterocycles. The van der Waals surface area contributed by atoms with Gasteiger partial charge in [0.1, 0.15) is 17.5 Å². The number of hydrogen-bond acceptors (Lipinski definition) is 4. The lowest BCUT2D eigenvalue weighted by molar-refractivity contribution is -0.160. The fourth-order valence-electron chi connectivity index (χ4n) is 3.47. The van der Waals surface area contributed by atoms with Gasteiger partial charge in [0, 0.05) is 12.8 Å². The maximum absolute atomic E-state index is 11.4. The molecule has 0 unspecified atom stereocenters. The number of fused-ring (bicyclic) bond motifs is 1. The number of hydrogen-bond donors (Lipinski definition) is 1. The van der Waals surface area contributed by atoms with Gasteiger partial charge in [-0.15, -0.1) is 0 Å². The van der Waals surface area contributed by atoms with Crippen LogP contribution < -0.4 is 4.74 Å². The first kappa shape index (κ1) is 15.3. The van der Waals surface area contributed by atoms with Crippen molar-refractivity contribution in [2.24, 2.45) is 0 Å². The minimum atomic E-state index is -0.566. The van der Waals surface area contributed by atoms with Gasteiger partial charge in [0.2, 0.25) is 0 Å². The molecule has 2 heterocycles. The first-order valence-corrected chi connectivity index (χ1v) is 8.02. The molecule has 22 heavy (non-hydrogen) atoms. The molecule has 0 aromatic heterocycles. The van der Waals surface area contributed by atoms with Gasteiger partial charge in [-0.3, -0.25) is 4.79 Å². The lowest BCUT2D eigenvalue weighted by Crippen LogP contribution is -2.32. The van der Waals surface area contributed by atoms with E-state index in [1.54, 1.807) is 0 Å². The molecule has 0 saturated carbocycles. The van der Waals surface area contributed by atoms with Crippen LogP contribution in [0.3, 0.4) is 0 Å². The van der Waals surface area contributed by atoms with E-state index in [0.29, 0.717) is 6.42 Å². The van der Waals surface area contributed by atoms with E-state index in [2.05, 4.69) is 32.9 Å². The van der Waals surface area contributed by atoms with Crippen molar-refractivity contribution < 1.29 is 19.4 Å². The lowest BCUT2D eigenvalue weighted by Gasteiger charge is -2.26. The van der Waals surface area contributed by atoms with Crippen LogP contribution in [0.4, 0.5) is 0 Å². The molecule has 1 aromatic rings. The summed E-state index contributed by atoms with van der Waals surface area (Å²) in [5.74, 6) is 0.712. The fourth-order valence-corrected chi connectivity index (χ4v) is 3.47. The SMILES string of the molecule is Cc1ccc2c(c1CC[C@@H]1C[C@@H](O)CC(=O)O1)OC(C)(C)C2. The Hall–Kier alpha value is -1.55. The van der Waals surface area contributed by atoms with Gasteiger partial charge in [-0.05, 0) is 50.3 Å². The van der Waals surface area contributed by atoms with Crippen molar-refractivity contribution >= 4 is 5.97 Å². The Labute approximate surface area is 131 Å². The highest BCUT2D eigenvalue weighted by Crippen LogP contribution is 2.39. The predicted molar refractivity (Wildman–Crippen MR) is 83.0 cm³/mol. The second-order valence-electron chi connectivity index (χ2n) is 7.13. The molecule has 4 heteroatoms. The quantitative estimate of drug-likeness (QED) is 0.872. The molecule has 2 atom stereocenters. The Morgan fingerprint density at radius 3 is 2.86 bits per heavy atom. The molecule has 2 aliphatic rings. The van der Waals surface area contributed by atoms with E-state index in [-0.39, 0.29) is 24.1 Å². The van der Waals surface area contributed by atoms with Gasteiger partial charge < -0.3 is 14.6 Å². The van der Waals surface area contributed by atoms with E-state index < -0.39 is 6.10 Å². The molecule has 3 rings (SSSR count). The summed E-state index contributed by atoms with van der Waals surface area (Å²) in [4.78, 5) is 11.4. The normalized spacial score (nSPS) is 26.3. The molecule has 0 radical (unpaired) electrons. The summed E-state index contributed by atoms with van der Waals surface area (Å²) in [6.07, 6.45) is 2.34. The molecular formula is C18H24O4. The molecular weight excluding hydrogens is 280 g/mol. The monoisotopic (exact) mass is 304 g/mol. The van der Waals surface area contributed by atoms with Crippen LogP contribution in [0.5, 0.6) is 5.75 Å². The summed E-state index contributed by atoms with van der Waals surface area (Å²) in [5.41, 5.74) is 3.52. The zero-order chi connectivity index (χ0) is 15.9. The minimum Gasteiger partial charge on any atom is -0.487 e. The minimum absolute atomic E-state index is 0.119. The summed E-state index contributed by atoms with van der Waals surface area (Å²) >= 11 is 0. The largest absolute Gasteiger partial charge is 0.487 e. The predicted octanol–water partition coefficient (Wildman–Crippen LogP) is 2.71. The summed E-state index contributed by atoms with van der Waals surface area (Å²) in [5, 5.41) is 9.70.